The van der Waals surface area contributed by atoms with Crippen molar-refractivity contribution in [3.05, 3.63) is 28.6 Å². The van der Waals surface area contributed by atoms with Crippen LogP contribution in [0.4, 0.5) is 0 Å². The van der Waals surface area contributed by atoms with Crippen molar-refractivity contribution < 1.29 is 0 Å². The highest BCUT2D eigenvalue weighted by Gasteiger charge is 1.91. The molecule has 1 aromatic heterocycles. The first-order chi connectivity index (χ1) is 4.22. The second kappa shape index (κ2) is 2.74. The molecular formula is C5H4INOS. The molecule has 0 N–H and O–H groups in total. The Morgan fingerprint density at radius 2 is 2.22 bits per heavy atom. The van der Waals surface area contributed by atoms with Gasteiger partial charge in [0.2, 0.25) is 0 Å². The first-order valence-corrected chi connectivity index (χ1v) is 3.70. The minimum Gasteiger partial charge on any atom is -0.269 e. The van der Waals surface area contributed by atoms with Crippen molar-refractivity contribution in [2.45, 2.75) is 5.03 Å². The molecular weight excluding hydrogens is 249 g/mol. The van der Waals surface area contributed by atoms with Crippen molar-refractivity contribution in [3.63, 3.8) is 0 Å². The number of halogens is 1. The van der Waals surface area contributed by atoms with Gasteiger partial charge in [0.15, 0.2) is 0 Å². The molecule has 0 unspecified atom stereocenters. The predicted octanol–water partition coefficient (Wildman–Crippen LogP) is 1.34. The molecule has 0 saturated heterocycles. The second-order valence-electron chi connectivity index (χ2n) is 1.50. The predicted molar refractivity (Wildman–Crippen MR) is 47.4 cm³/mol. The summed E-state index contributed by atoms with van der Waals surface area (Å²) in [5.74, 6) is 0. The molecule has 1 aromatic rings. The molecule has 48 valence electrons. The maximum Gasteiger partial charge on any atom is 0.260 e. The summed E-state index contributed by atoms with van der Waals surface area (Å²) in [6.45, 7) is 0. The van der Waals surface area contributed by atoms with Crippen LogP contribution in [0.25, 0.3) is 0 Å². The minimum absolute atomic E-state index is 0.0388. The number of pyridine rings is 1. The highest BCUT2D eigenvalue weighted by atomic mass is 127. The lowest BCUT2D eigenvalue weighted by Crippen LogP contribution is -2.09. The number of thiol groups is 1. The molecule has 0 bridgehead atoms. The number of rotatable bonds is 0. The highest BCUT2D eigenvalue weighted by molar-refractivity contribution is 14.1. The molecule has 0 fully saturated rings. The van der Waals surface area contributed by atoms with Gasteiger partial charge in [-0.15, -0.1) is 12.6 Å². The van der Waals surface area contributed by atoms with Crippen LogP contribution in [0.5, 0.6) is 0 Å². The summed E-state index contributed by atoms with van der Waals surface area (Å²) in [4.78, 5) is 10.7. The molecule has 0 aromatic carbocycles. The van der Waals surface area contributed by atoms with Crippen LogP contribution in [0.15, 0.2) is 28.0 Å². The third-order valence-corrected chi connectivity index (χ3v) is 2.60. The summed E-state index contributed by atoms with van der Waals surface area (Å²) >= 11 is 5.92. The molecule has 9 heavy (non-hydrogen) atoms. The van der Waals surface area contributed by atoms with Gasteiger partial charge in [0.1, 0.15) is 0 Å². The SMILES string of the molecule is O=c1cccc(S)n1I. The monoisotopic (exact) mass is 253 g/mol. The van der Waals surface area contributed by atoms with Crippen LogP contribution in [-0.4, -0.2) is 2.78 Å². The molecule has 1 heterocycles. The maximum absolute atomic E-state index is 10.7. The van der Waals surface area contributed by atoms with Crippen molar-refractivity contribution >= 4 is 35.5 Å². The molecule has 0 atom stereocenters. The van der Waals surface area contributed by atoms with E-state index >= 15 is 0 Å². The lowest BCUT2D eigenvalue weighted by atomic mass is 10.5. The zero-order valence-corrected chi connectivity index (χ0v) is 7.46. The fraction of sp³-hybridized carbons (Fsp3) is 0. The standard InChI is InChI=1S/C5H4INOS/c6-7-4(8)2-1-3-5(7)9/h1-3,9H. The topological polar surface area (TPSA) is 22.0 Å². The van der Waals surface area contributed by atoms with Crippen LogP contribution in [0, 0.1) is 0 Å². The van der Waals surface area contributed by atoms with Gasteiger partial charge in [0.25, 0.3) is 5.56 Å². The van der Waals surface area contributed by atoms with E-state index < -0.39 is 0 Å². The molecule has 0 saturated carbocycles. The number of aromatic nitrogens is 1. The van der Waals surface area contributed by atoms with Crippen LogP contribution in [-0.2, 0) is 0 Å². The van der Waals surface area contributed by atoms with Crippen LogP contribution in [0.1, 0.15) is 0 Å². The first-order valence-electron chi connectivity index (χ1n) is 2.29. The Balaban J connectivity index is 3.43. The van der Waals surface area contributed by atoms with Crippen molar-refractivity contribution in [2.75, 3.05) is 0 Å². The van der Waals surface area contributed by atoms with E-state index in [0.717, 1.165) is 0 Å². The molecule has 0 aliphatic heterocycles. The fourth-order valence-corrected chi connectivity index (χ4v) is 0.967. The Kier molecular flexibility index (Phi) is 2.18. The van der Waals surface area contributed by atoms with Crippen LogP contribution >= 0.6 is 35.5 Å². The Morgan fingerprint density at radius 1 is 1.56 bits per heavy atom. The average Bonchev–Trinajstić information content (AvgIpc) is 1.83. The largest absolute Gasteiger partial charge is 0.269 e. The molecule has 0 amide bonds. The van der Waals surface area contributed by atoms with Gasteiger partial charge in [-0.3, -0.25) is 4.79 Å². The summed E-state index contributed by atoms with van der Waals surface area (Å²) in [6.07, 6.45) is 0. The van der Waals surface area contributed by atoms with E-state index in [1.54, 1.807) is 12.1 Å². The van der Waals surface area contributed by atoms with Crippen LogP contribution in [0.2, 0.25) is 0 Å². The van der Waals surface area contributed by atoms with Crippen molar-refractivity contribution in [1.82, 2.24) is 2.78 Å². The first kappa shape index (κ1) is 7.14. The number of hydrogen-bond donors (Lipinski definition) is 1. The number of hydrogen-bond acceptors (Lipinski definition) is 2. The Morgan fingerprint density at radius 3 is 2.67 bits per heavy atom. The van der Waals surface area contributed by atoms with Crippen molar-refractivity contribution in [2.24, 2.45) is 0 Å². The molecule has 0 aliphatic rings. The van der Waals surface area contributed by atoms with Gasteiger partial charge in [-0.2, -0.15) is 0 Å². The zero-order chi connectivity index (χ0) is 6.85. The van der Waals surface area contributed by atoms with E-state index in [1.807, 2.05) is 22.9 Å². The van der Waals surface area contributed by atoms with Gasteiger partial charge in [-0.25, -0.2) is 2.78 Å². The Bertz CT molecular complexity index is 270. The van der Waals surface area contributed by atoms with E-state index in [2.05, 4.69) is 12.6 Å². The fourth-order valence-electron chi connectivity index (χ4n) is 0.460. The van der Waals surface area contributed by atoms with Gasteiger partial charge in [-0.1, -0.05) is 6.07 Å². The summed E-state index contributed by atoms with van der Waals surface area (Å²) in [5, 5.41) is 0.670. The van der Waals surface area contributed by atoms with E-state index in [0.29, 0.717) is 5.03 Å². The minimum atomic E-state index is -0.0388. The molecule has 2 nitrogen and oxygen atoms in total. The van der Waals surface area contributed by atoms with Crippen molar-refractivity contribution in [3.8, 4) is 0 Å². The van der Waals surface area contributed by atoms with Crippen LogP contribution < -0.4 is 5.56 Å². The molecule has 0 radical (unpaired) electrons. The summed E-state index contributed by atoms with van der Waals surface area (Å²) in [5.41, 5.74) is -0.0388. The number of nitrogens with zero attached hydrogens (tertiary/aromatic N) is 1. The normalized spacial score (nSPS) is 9.56. The summed E-state index contributed by atoms with van der Waals surface area (Å²) in [6, 6.07) is 4.93. The average molecular weight is 253 g/mol. The molecule has 4 heteroatoms. The summed E-state index contributed by atoms with van der Waals surface area (Å²) < 4.78 is 1.45. The lowest BCUT2D eigenvalue weighted by molar-refractivity contribution is 1.05. The highest BCUT2D eigenvalue weighted by Crippen LogP contribution is 2.03. The molecule has 0 spiro atoms. The third-order valence-electron chi connectivity index (χ3n) is 0.879. The van der Waals surface area contributed by atoms with Gasteiger partial charge in [0.05, 0.1) is 27.9 Å². The van der Waals surface area contributed by atoms with E-state index in [9.17, 15) is 4.79 Å². The molecule has 0 aliphatic carbocycles. The quantitative estimate of drug-likeness (QED) is 0.547. The Hall–Kier alpha value is 0.0300. The molecule has 1 rings (SSSR count). The smallest absolute Gasteiger partial charge is 0.260 e. The van der Waals surface area contributed by atoms with E-state index in [1.165, 1.54) is 8.85 Å². The van der Waals surface area contributed by atoms with E-state index in [4.69, 9.17) is 0 Å². The van der Waals surface area contributed by atoms with Crippen LogP contribution in [0.3, 0.4) is 0 Å². The van der Waals surface area contributed by atoms with Gasteiger partial charge < -0.3 is 0 Å². The van der Waals surface area contributed by atoms with Gasteiger partial charge >= 0.3 is 0 Å². The third kappa shape index (κ3) is 1.48. The van der Waals surface area contributed by atoms with Crippen molar-refractivity contribution in [1.29, 1.82) is 0 Å². The van der Waals surface area contributed by atoms with Gasteiger partial charge in [0, 0.05) is 6.07 Å². The Labute approximate surface area is 71.8 Å². The lowest BCUT2D eigenvalue weighted by Gasteiger charge is -1.94. The van der Waals surface area contributed by atoms with Gasteiger partial charge in [-0.05, 0) is 6.07 Å². The second-order valence-corrected chi connectivity index (χ2v) is 2.93. The summed E-state index contributed by atoms with van der Waals surface area (Å²) in [7, 11) is 0. The zero-order valence-electron chi connectivity index (χ0n) is 4.41. The maximum atomic E-state index is 10.7. The van der Waals surface area contributed by atoms with E-state index in [-0.39, 0.29) is 5.56 Å².